The highest BCUT2D eigenvalue weighted by Crippen LogP contribution is 2.32. The first-order valence-corrected chi connectivity index (χ1v) is 12.0. The van der Waals surface area contributed by atoms with Crippen LogP contribution in [-0.2, 0) is 6.42 Å². The SMILES string of the molecule is CC.CCc1ccc(C2=CC(N3CCN(c4ccc(C(=O)NC)nc4)CC3)CC2)nc1OC. The fourth-order valence-corrected chi connectivity index (χ4v) is 4.44. The van der Waals surface area contributed by atoms with Gasteiger partial charge in [-0.25, -0.2) is 9.97 Å². The molecule has 0 bridgehead atoms. The summed E-state index contributed by atoms with van der Waals surface area (Å²) in [6.07, 6.45) is 7.30. The number of nitrogens with zero attached hydrogens (tertiary/aromatic N) is 4. The zero-order valence-electron chi connectivity index (χ0n) is 20.6. The highest BCUT2D eigenvalue weighted by atomic mass is 16.5. The average Bonchev–Trinajstić information content (AvgIpc) is 3.39. The number of amides is 1. The van der Waals surface area contributed by atoms with Gasteiger partial charge in [0.15, 0.2) is 0 Å². The van der Waals surface area contributed by atoms with Gasteiger partial charge in [0, 0.05) is 44.8 Å². The van der Waals surface area contributed by atoms with Crippen molar-refractivity contribution in [2.75, 3.05) is 45.2 Å². The van der Waals surface area contributed by atoms with Crippen LogP contribution in [-0.4, -0.2) is 67.2 Å². The van der Waals surface area contributed by atoms with Gasteiger partial charge in [-0.2, -0.15) is 0 Å². The van der Waals surface area contributed by atoms with E-state index in [4.69, 9.17) is 9.72 Å². The summed E-state index contributed by atoms with van der Waals surface area (Å²) in [6.45, 7) is 10.1. The molecular formula is C26H37N5O2. The second-order valence-corrected chi connectivity index (χ2v) is 8.02. The van der Waals surface area contributed by atoms with Crippen LogP contribution >= 0.6 is 0 Å². The molecule has 1 aliphatic carbocycles. The molecule has 1 atom stereocenters. The Morgan fingerprint density at radius 3 is 2.52 bits per heavy atom. The summed E-state index contributed by atoms with van der Waals surface area (Å²) in [4.78, 5) is 25.6. The van der Waals surface area contributed by atoms with Gasteiger partial charge in [-0.1, -0.05) is 32.9 Å². The van der Waals surface area contributed by atoms with Crippen LogP contribution in [0.5, 0.6) is 5.88 Å². The predicted molar refractivity (Wildman–Crippen MR) is 134 cm³/mol. The minimum absolute atomic E-state index is 0.156. The van der Waals surface area contributed by atoms with Crippen molar-refractivity contribution in [3.8, 4) is 5.88 Å². The first-order chi connectivity index (χ1) is 16.1. The summed E-state index contributed by atoms with van der Waals surface area (Å²) in [5, 5.41) is 2.61. The van der Waals surface area contributed by atoms with Gasteiger partial charge < -0.3 is 15.0 Å². The third-order valence-corrected chi connectivity index (χ3v) is 6.30. The number of aromatic nitrogens is 2. The average molecular weight is 452 g/mol. The second-order valence-electron chi connectivity index (χ2n) is 8.02. The molecule has 0 radical (unpaired) electrons. The molecule has 4 rings (SSSR count). The van der Waals surface area contributed by atoms with E-state index >= 15 is 0 Å². The molecule has 1 fully saturated rings. The Hall–Kier alpha value is -2.93. The third-order valence-electron chi connectivity index (χ3n) is 6.30. The minimum Gasteiger partial charge on any atom is -0.481 e. The number of hydrogen-bond donors (Lipinski definition) is 1. The van der Waals surface area contributed by atoms with Gasteiger partial charge >= 0.3 is 0 Å². The molecule has 3 heterocycles. The van der Waals surface area contributed by atoms with Crippen molar-refractivity contribution in [1.29, 1.82) is 0 Å². The van der Waals surface area contributed by atoms with Gasteiger partial charge in [-0.15, -0.1) is 0 Å². The maximum atomic E-state index is 11.7. The quantitative estimate of drug-likeness (QED) is 0.720. The van der Waals surface area contributed by atoms with Crippen LogP contribution in [0.15, 0.2) is 36.5 Å². The Morgan fingerprint density at radius 1 is 1.15 bits per heavy atom. The standard InChI is InChI=1S/C24H31N5O2.C2H6/c1-4-17-6-9-21(27-24(17)31-3)18-5-7-19(15-18)28-11-13-29(14-12-28)20-8-10-22(26-16-20)23(30)25-2;1-2/h6,8-10,15-16,19H,4-5,7,11-14H2,1-3H3,(H,25,30);1-2H3. The number of ether oxygens (including phenoxy) is 1. The largest absolute Gasteiger partial charge is 0.481 e. The number of anilines is 1. The summed E-state index contributed by atoms with van der Waals surface area (Å²) in [6, 6.07) is 8.50. The van der Waals surface area contributed by atoms with Crippen molar-refractivity contribution in [1.82, 2.24) is 20.2 Å². The van der Waals surface area contributed by atoms with Crippen LogP contribution in [0.2, 0.25) is 0 Å². The van der Waals surface area contributed by atoms with Gasteiger partial charge in [-0.3, -0.25) is 9.69 Å². The zero-order chi connectivity index (χ0) is 23.8. The van der Waals surface area contributed by atoms with Crippen molar-refractivity contribution in [2.45, 2.75) is 46.1 Å². The molecule has 33 heavy (non-hydrogen) atoms. The van der Waals surface area contributed by atoms with Crippen LogP contribution in [0.25, 0.3) is 5.57 Å². The van der Waals surface area contributed by atoms with E-state index in [0.29, 0.717) is 11.7 Å². The van der Waals surface area contributed by atoms with Crippen molar-refractivity contribution in [2.24, 2.45) is 0 Å². The van der Waals surface area contributed by atoms with Crippen molar-refractivity contribution in [3.05, 3.63) is 53.5 Å². The topological polar surface area (TPSA) is 70.6 Å². The van der Waals surface area contributed by atoms with Crippen LogP contribution in [0, 0.1) is 0 Å². The van der Waals surface area contributed by atoms with E-state index in [-0.39, 0.29) is 5.91 Å². The van der Waals surface area contributed by atoms with Crippen LogP contribution in [0.4, 0.5) is 5.69 Å². The van der Waals surface area contributed by atoms with E-state index in [1.165, 1.54) is 5.57 Å². The zero-order valence-corrected chi connectivity index (χ0v) is 20.6. The van der Waals surface area contributed by atoms with Gasteiger partial charge in [0.1, 0.15) is 5.69 Å². The van der Waals surface area contributed by atoms with Gasteiger partial charge in [0.25, 0.3) is 5.91 Å². The van der Waals surface area contributed by atoms with Gasteiger partial charge in [0.2, 0.25) is 5.88 Å². The molecule has 178 valence electrons. The maximum Gasteiger partial charge on any atom is 0.269 e. The molecule has 1 saturated heterocycles. The lowest BCUT2D eigenvalue weighted by Gasteiger charge is -2.38. The molecule has 1 unspecified atom stereocenters. The molecule has 0 spiro atoms. The Balaban J connectivity index is 0.00000149. The van der Waals surface area contributed by atoms with Crippen molar-refractivity contribution >= 4 is 17.2 Å². The number of nitrogens with one attached hydrogen (secondary N) is 1. The summed E-state index contributed by atoms with van der Waals surface area (Å²) in [5.41, 5.74) is 5.03. The van der Waals surface area contributed by atoms with Crippen molar-refractivity contribution in [3.63, 3.8) is 0 Å². The maximum absolute atomic E-state index is 11.7. The number of pyridine rings is 2. The van der Waals surface area contributed by atoms with E-state index in [9.17, 15) is 4.79 Å². The number of aryl methyl sites for hydroxylation is 1. The Morgan fingerprint density at radius 2 is 1.91 bits per heavy atom. The number of rotatable bonds is 6. The van der Waals surface area contributed by atoms with E-state index in [0.717, 1.165) is 68.3 Å². The molecule has 2 aromatic rings. The Kier molecular flexibility index (Phi) is 8.83. The smallest absolute Gasteiger partial charge is 0.269 e. The third kappa shape index (κ3) is 5.71. The van der Waals surface area contributed by atoms with E-state index in [2.05, 4.69) is 45.2 Å². The molecule has 0 saturated carbocycles. The van der Waals surface area contributed by atoms with E-state index < -0.39 is 0 Å². The monoisotopic (exact) mass is 451 g/mol. The van der Waals surface area contributed by atoms with E-state index in [1.807, 2.05) is 19.9 Å². The first-order valence-electron chi connectivity index (χ1n) is 12.0. The number of allylic oxidation sites excluding steroid dienone is 1. The van der Waals surface area contributed by atoms with Crippen LogP contribution in [0.3, 0.4) is 0 Å². The molecule has 1 amide bonds. The highest BCUT2D eigenvalue weighted by Gasteiger charge is 2.27. The molecule has 1 N–H and O–H groups in total. The number of carbonyl (C=O) groups is 1. The summed E-state index contributed by atoms with van der Waals surface area (Å²) >= 11 is 0. The molecule has 7 nitrogen and oxygen atoms in total. The number of piperazine rings is 1. The number of hydrogen-bond acceptors (Lipinski definition) is 6. The summed E-state index contributed by atoms with van der Waals surface area (Å²) in [5.74, 6) is 0.589. The Labute approximate surface area is 197 Å². The normalized spacial score (nSPS) is 18.3. The van der Waals surface area contributed by atoms with Crippen LogP contribution < -0.4 is 15.0 Å². The molecule has 1 aliphatic heterocycles. The lowest BCUT2D eigenvalue weighted by atomic mass is 10.1. The second kappa shape index (κ2) is 11.8. The number of carbonyl (C=O) groups excluding carboxylic acids is 1. The number of methoxy groups -OCH3 is 1. The molecule has 2 aromatic heterocycles. The fourth-order valence-electron chi connectivity index (χ4n) is 4.44. The lowest BCUT2D eigenvalue weighted by Crippen LogP contribution is -2.49. The van der Waals surface area contributed by atoms with Gasteiger partial charge in [0.05, 0.1) is 24.7 Å². The molecule has 2 aliphatic rings. The van der Waals surface area contributed by atoms with E-state index in [1.54, 1.807) is 26.4 Å². The Bertz CT molecular complexity index is 950. The lowest BCUT2D eigenvalue weighted by molar-refractivity contribution is 0.0958. The summed E-state index contributed by atoms with van der Waals surface area (Å²) in [7, 11) is 3.31. The fraction of sp³-hybridized carbons (Fsp3) is 0.500. The molecule has 0 aromatic carbocycles. The first kappa shape index (κ1) is 24.7. The minimum atomic E-state index is -0.156. The molecular weight excluding hydrogens is 414 g/mol. The van der Waals surface area contributed by atoms with Crippen molar-refractivity contribution < 1.29 is 9.53 Å². The molecule has 7 heteroatoms. The van der Waals surface area contributed by atoms with Crippen LogP contribution in [0.1, 0.15) is 55.4 Å². The highest BCUT2D eigenvalue weighted by molar-refractivity contribution is 5.92. The predicted octanol–water partition coefficient (Wildman–Crippen LogP) is 3.80. The summed E-state index contributed by atoms with van der Waals surface area (Å²) < 4.78 is 5.48. The van der Waals surface area contributed by atoms with Gasteiger partial charge in [-0.05, 0) is 43.0 Å².